The number of imidazole rings is 1. The Bertz CT molecular complexity index is 1320. The van der Waals surface area contributed by atoms with Crippen LogP contribution in [0.1, 0.15) is 31.0 Å². The molecule has 0 saturated heterocycles. The molecule has 4 aromatic rings. The first kappa shape index (κ1) is 28.2. The Morgan fingerprint density at radius 1 is 1.03 bits per heavy atom. The number of H-pyrrole nitrogens is 1. The number of carbonyl (C=O) groups is 1. The molecular weight excluding hydrogens is 510 g/mol. The fourth-order valence-corrected chi connectivity index (χ4v) is 4.81. The summed E-state index contributed by atoms with van der Waals surface area (Å²) in [5, 5.41) is 2.84. The number of aromatic amines is 1. The Kier molecular flexibility index (Phi) is 10.8. The second kappa shape index (κ2) is 14.9. The van der Waals surface area contributed by atoms with Crippen molar-refractivity contribution in [3.8, 4) is 16.9 Å². The number of hydrogen-bond acceptors (Lipinski definition) is 5. The van der Waals surface area contributed by atoms with Crippen molar-refractivity contribution in [2.24, 2.45) is 0 Å². The van der Waals surface area contributed by atoms with Gasteiger partial charge in [0.15, 0.2) is 10.6 Å². The zero-order valence-electron chi connectivity index (χ0n) is 22.0. The number of unbranched alkanes of at least 4 members (excludes halogenated alkanes) is 1. The topological polar surface area (TPSA) is 99.3 Å². The third kappa shape index (κ3) is 9.14. The lowest BCUT2D eigenvalue weighted by Gasteiger charge is -2.10. The molecule has 8 heteroatoms. The minimum atomic E-state index is -1.20. The molecule has 1 heterocycles. The highest BCUT2D eigenvalue weighted by atomic mass is 32.2. The summed E-state index contributed by atoms with van der Waals surface area (Å²) in [6.07, 6.45) is 8.70. The Balaban J connectivity index is 1.27. The Morgan fingerprint density at radius 3 is 2.59 bits per heavy atom. The van der Waals surface area contributed by atoms with Gasteiger partial charge < -0.3 is 24.3 Å². The van der Waals surface area contributed by atoms with Gasteiger partial charge in [-0.25, -0.2) is 4.98 Å². The number of nitrogens with one attached hydrogen (secondary N) is 2. The fourth-order valence-electron chi connectivity index (χ4n) is 3.77. The summed E-state index contributed by atoms with van der Waals surface area (Å²) in [6, 6.07) is 22.9. The van der Waals surface area contributed by atoms with E-state index in [0.717, 1.165) is 47.6 Å². The number of benzene rings is 3. The maximum absolute atomic E-state index is 12.5. The van der Waals surface area contributed by atoms with Crippen LogP contribution in [0.15, 0.2) is 96.3 Å². The number of anilines is 1. The lowest BCUT2D eigenvalue weighted by molar-refractivity contribution is -0.111. The molecule has 1 amide bonds. The molecule has 0 aliphatic rings. The Hall–Kier alpha value is -3.85. The van der Waals surface area contributed by atoms with Crippen LogP contribution in [0.2, 0.25) is 0 Å². The average Bonchev–Trinajstić information content (AvgIpc) is 3.48. The van der Waals surface area contributed by atoms with E-state index in [1.807, 2.05) is 48.5 Å². The van der Waals surface area contributed by atoms with Gasteiger partial charge in [0.2, 0.25) is 5.91 Å². The van der Waals surface area contributed by atoms with Crippen LogP contribution in [-0.2, 0) is 26.5 Å². The second-order valence-corrected chi connectivity index (χ2v) is 10.3. The van der Waals surface area contributed by atoms with Crippen LogP contribution < -0.4 is 10.1 Å². The molecule has 7 nitrogen and oxygen atoms in total. The van der Waals surface area contributed by atoms with Crippen molar-refractivity contribution in [3.05, 3.63) is 103 Å². The van der Waals surface area contributed by atoms with Gasteiger partial charge in [-0.05, 0) is 82.8 Å². The van der Waals surface area contributed by atoms with Gasteiger partial charge >= 0.3 is 0 Å². The van der Waals surface area contributed by atoms with E-state index in [0.29, 0.717) is 29.5 Å². The molecule has 0 spiro atoms. The number of hydrogen-bond donors (Lipinski definition) is 2. The zero-order valence-corrected chi connectivity index (χ0v) is 22.8. The highest BCUT2D eigenvalue weighted by molar-refractivity contribution is 7.90. The maximum Gasteiger partial charge on any atom is 0.248 e. The van der Waals surface area contributed by atoms with E-state index in [4.69, 9.17) is 9.47 Å². The molecule has 0 aliphatic heterocycles. The molecule has 39 heavy (non-hydrogen) atoms. The summed E-state index contributed by atoms with van der Waals surface area (Å²) < 4.78 is 23.8. The molecule has 1 unspecified atom stereocenters. The normalized spacial score (nSPS) is 11.9. The molecule has 1 aromatic heterocycles. The van der Waals surface area contributed by atoms with E-state index in [2.05, 4.69) is 22.2 Å². The number of carbonyl (C=O) groups excluding carboxylic acids is 1. The summed E-state index contributed by atoms with van der Waals surface area (Å²) in [4.78, 5) is 20.1. The van der Waals surface area contributed by atoms with E-state index in [1.165, 1.54) is 6.08 Å². The predicted octanol–water partition coefficient (Wildman–Crippen LogP) is 6.23. The Labute approximate surface area is 232 Å². The molecule has 0 fully saturated rings. The number of nitrogens with zero attached hydrogens (tertiary/aromatic N) is 1. The lowest BCUT2D eigenvalue weighted by atomic mass is 10.0. The first-order valence-corrected chi connectivity index (χ1v) is 14.3. The van der Waals surface area contributed by atoms with Gasteiger partial charge in [-0.2, -0.15) is 0 Å². The standard InChI is InChI=1S/C31H33N3O4S/c1-2-3-17-37-18-19-38-29-12-8-25(9-13-29)26-6-4-5-24(20-26)7-16-31(35)34-27-10-14-30(15-11-27)39(36)22-28-21-32-23-33-28/h4-16,20-21,23H,2-3,17-19,22H2,1H3,(H,32,33)(H,34,35)/b16-7+. The van der Waals surface area contributed by atoms with Crippen LogP contribution in [0.25, 0.3) is 17.2 Å². The molecule has 4 rings (SSSR count). The SMILES string of the molecule is CCCCOCCOc1ccc(-c2cccc(/C=C/C(=O)Nc3ccc([S+]([O-])Cc4cnc[nH]4)cc3)c2)cc1. The van der Waals surface area contributed by atoms with Gasteiger partial charge in [-0.15, -0.1) is 0 Å². The van der Waals surface area contributed by atoms with E-state index in [9.17, 15) is 9.35 Å². The maximum atomic E-state index is 12.5. The monoisotopic (exact) mass is 543 g/mol. The average molecular weight is 544 g/mol. The van der Waals surface area contributed by atoms with Crippen molar-refractivity contribution < 1.29 is 18.8 Å². The summed E-state index contributed by atoms with van der Waals surface area (Å²) in [6.45, 7) is 4.03. The number of ether oxygens (including phenoxy) is 2. The molecule has 0 bridgehead atoms. The molecule has 0 aliphatic carbocycles. The van der Waals surface area contributed by atoms with Crippen molar-refractivity contribution in [2.75, 3.05) is 25.1 Å². The van der Waals surface area contributed by atoms with Crippen molar-refractivity contribution in [1.82, 2.24) is 9.97 Å². The van der Waals surface area contributed by atoms with Gasteiger partial charge in [-0.1, -0.05) is 43.7 Å². The summed E-state index contributed by atoms with van der Waals surface area (Å²) in [7, 11) is 0. The van der Waals surface area contributed by atoms with E-state index < -0.39 is 11.2 Å². The van der Waals surface area contributed by atoms with Crippen LogP contribution >= 0.6 is 0 Å². The molecule has 0 radical (unpaired) electrons. The summed E-state index contributed by atoms with van der Waals surface area (Å²) >= 11 is -1.20. The first-order valence-electron chi connectivity index (χ1n) is 13.0. The van der Waals surface area contributed by atoms with Crippen LogP contribution in [-0.4, -0.2) is 40.2 Å². The van der Waals surface area contributed by atoms with Gasteiger partial charge in [0.05, 0.1) is 24.8 Å². The lowest BCUT2D eigenvalue weighted by Crippen LogP contribution is -2.09. The van der Waals surface area contributed by atoms with Crippen molar-refractivity contribution in [2.45, 2.75) is 30.4 Å². The van der Waals surface area contributed by atoms with Crippen molar-refractivity contribution in [3.63, 3.8) is 0 Å². The number of aromatic nitrogens is 2. The van der Waals surface area contributed by atoms with Gasteiger partial charge in [-0.3, -0.25) is 4.79 Å². The van der Waals surface area contributed by atoms with Gasteiger partial charge in [0, 0.05) is 18.4 Å². The van der Waals surface area contributed by atoms with Gasteiger partial charge in [0.25, 0.3) is 0 Å². The van der Waals surface area contributed by atoms with Crippen LogP contribution in [0.3, 0.4) is 0 Å². The highest BCUT2D eigenvalue weighted by Crippen LogP contribution is 2.24. The first-order chi connectivity index (χ1) is 19.1. The van der Waals surface area contributed by atoms with Crippen molar-refractivity contribution in [1.29, 1.82) is 0 Å². The minimum absolute atomic E-state index is 0.244. The van der Waals surface area contributed by atoms with Gasteiger partial charge in [0.1, 0.15) is 12.4 Å². The minimum Gasteiger partial charge on any atom is -0.611 e. The van der Waals surface area contributed by atoms with E-state index >= 15 is 0 Å². The number of amides is 1. The molecule has 0 saturated carbocycles. The summed E-state index contributed by atoms with van der Waals surface area (Å²) in [5.74, 6) is 0.926. The van der Waals surface area contributed by atoms with E-state index in [1.54, 1.807) is 42.9 Å². The summed E-state index contributed by atoms with van der Waals surface area (Å²) in [5.41, 5.74) is 4.47. The molecular formula is C31H33N3O4S. The number of rotatable bonds is 14. The zero-order chi connectivity index (χ0) is 27.3. The van der Waals surface area contributed by atoms with Crippen LogP contribution in [0.5, 0.6) is 5.75 Å². The molecule has 202 valence electrons. The molecule has 1 atom stereocenters. The third-order valence-corrected chi connectivity index (χ3v) is 7.24. The Morgan fingerprint density at radius 2 is 1.85 bits per heavy atom. The molecule has 2 N–H and O–H groups in total. The quantitative estimate of drug-likeness (QED) is 0.112. The van der Waals surface area contributed by atoms with Crippen LogP contribution in [0.4, 0.5) is 5.69 Å². The van der Waals surface area contributed by atoms with Crippen molar-refractivity contribution >= 4 is 28.8 Å². The smallest absolute Gasteiger partial charge is 0.248 e. The van der Waals surface area contributed by atoms with Crippen LogP contribution in [0, 0.1) is 0 Å². The van der Waals surface area contributed by atoms with E-state index in [-0.39, 0.29) is 5.91 Å². The predicted molar refractivity (Wildman–Crippen MR) is 156 cm³/mol. The second-order valence-electron chi connectivity index (χ2n) is 8.88. The fraction of sp³-hybridized carbons (Fsp3) is 0.226. The molecule has 3 aromatic carbocycles. The highest BCUT2D eigenvalue weighted by Gasteiger charge is 2.13. The third-order valence-electron chi connectivity index (χ3n) is 5.87. The largest absolute Gasteiger partial charge is 0.611 e.